The molecule has 0 spiro atoms. The number of benzene rings is 1. The summed E-state index contributed by atoms with van der Waals surface area (Å²) in [6.45, 7) is 2.91. The Morgan fingerprint density at radius 3 is 3.15 bits per heavy atom. The Morgan fingerprint density at radius 2 is 2.20 bits per heavy atom. The van der Waals surface area contributed by atoms with E-state index in [1.807, 2.05) is 17.5 Å². The Hall–Kier alpha value is -1.39. The van der Waals surface area contributed by atoms with Crippen molar-refractivity contribution in [3.05, 3.63) is 35.2 Å². The molecule has 1 N–H and O–H groups in total. The highest BCUT2D eigenvalue weighted by molar-refractivity contribution is 7.17. The molecule has 1 aromatic carbocycles. The van der Waals surface area contributed by atoms with Gasteiger partial charge in [-0.1, -0.05) is 18.2 Å². The third kappa shape index (κ3) is 1.95. The number of hydrogen-bond acceptors (Lipinski definition) is 3. The van der Waals surface area contributed by atoms with Crippen molar-refractivity contribution in [1.29, 1.82) is 0 Å². The summed E-state index contributed by atoms with van der Waals surface area (Å²) in [5, 5.41) is 6.67. The van der Waals surface area contributed by atoms with E-state index in [1.165, 1.54) is 11.1 Å². The van der Waals surface area contributed by atoms with Crippen molar-refractivity contribution in [2.75, 3.05) is 19.6 Å². The summed E-state index contributed by atoms with van der Waals surface area (Å²) in [7, 11) is 0. The lowest BCUT2D eigenvalue weighted by Gasteiger charge is -2.34. The zero-order valence-corrected chi connectivity index (χ0v) is 12.2. The standard InChI is InChI=1S/C16H18N2OS/c19-16(13-10-20-15-4-2-1-3-12(13)15)18-8-6-14-11(9-18)5-7-17-14/h1-4,10-11,14,17H,5-9H2. The van der Waals surface area contributed by atoms with Gasteiger partial charge in [-0.2, -0.15) is 0 Å². The Labute approximate surface area is 122 Å². The number of nitrogens with one attached hydrogen (secondary N) is 1. The Kier molecular flexibility index (Phi) is 3.00. The minimum absolute atomic E-state index is 0.216. The third-order valence-corrected chi connectivity index (χ3v) is 5.62. The number of rotatable bonds is 1. The van der Waals surface area contributed by atoms with Gasteiger partial charge in [0.05, 0.1) is 5.56 Å². The number of fused-ring (bicyclic) bond motifs is 2. The summed E-state index contributed by atoms with van der Waals surface area (Å²) in [6, 6.07) is 8.83. The molecule has 2 aromatic rings. The van der Waals surface area contributed by atoms with E-state index in [0.29, 0.717) is 12.0 Å². The van der Waals surface area contributed by atoms with Gasteiger partial charge in [-0.25, -0.2) is 0 Å². The summed E-state index contributed by atoms with van der Waals surface area (Å²) < 4.78 is 1.20. The Bertz CT molecular complexity index is 651. The van der Waals surface area contributed by atoms with Crippen molar-refractivity contribution in [3.8, 4) is 0 Å². The molecule has 2 atom stereocenters. The fourth-order valence-corrected chi connectivity index (χ4v) is 4.48. The molecule has 4 heteroatoms. The van der Waals surface area contributed by atoms with Crippen LogP contribution >= 0.6 is 11.3 Å². The number of nitrogens with zero attached hydrogens (tertiary/aromatic N) is 1. The fourth-order valence-electron chi connectivity index (χ4n) is 3.55. The van der Waals surface area contributed by atoms with Crippen LogP contribution in [0.4, 0.5) is 0 Å². The maximum Gasteiger partial charge on any atom is 0.255 e. The molecule has 0 aliphatic carbocycles. The topological polar surface area (TPSA) is 32.3 Å². The first-order valence-corrected chi connectivity index (χ1v) is 8.20. The van der Waals surface area contributed by atoms with E-state index in [-0.39, 0.29) is 5.91 Å². The highest BCUT2D eigenvalue weighted by Crippen LogP contribution is 2.30. The van der Waals surface area contributed by atoms with Gasteiger partial charge in [-0.05, 0) is 31.4 Å². The van der Waals surface area contributed by atoms with Gasteiger partial charge in [0.2, 0.25) is 0 Å². The molecule has 0 bridgehead atoms. The first-order valence-electron chi connectivity index (χ1n) is 7.32. The molecule has 3 nitrogen and oxygen atoms in total. The molecule has 104 valence electrons. The molecule has 2 saturated heterocycles. The molecule has 1 aromatic heterocycles. The highest BCUT2D eigenvalue weighted by Gasteiger charge is 2.34. The number of hydrogen-bond donors (Lipinski definition) is 1. The minimum atomic E-state index is 0.216. The lowest BCUT2D eigenvalue weighted by molar-refractivity contribution is 0.0664. The number of thiophene rings is 1. The van der Waals surface area contributed by atoms with Gasteiger partial charge < -0.3 is 10.2 Å². The van der Waals surface area contributed by atoms with Crippen LogP contribution in [0.2, 0.25) is 0 Å². The molecule has 3 heterocycles. The van der Waals surface area contributed by atoms with Crippen LogP contribution in [0.15, 0.2) is 29.6 Å². The largest absolute Gasteiger partial charge is 0.338 e. The van der Waals surface area contributed by atoms with Crippen molar-refractivity contribution in [1.82, 2.24) is 10.2 Å². The molecule has 1 amide bonds. The van der Waals surface area contributed by atoms with Gasteiger partial charge in [0.25, 0.3) is 5.91 Å². The average Bonchev–Trinajstić information content (AvgIpc) is 3.12. The number of amides is 1. The second kappa shape index (κ2) is 4.86. The number of carbonyl (C=O) groups is 1. The zero-order chi connectivity index (χ0) is 13.5. The van der Waals surface area contributed by atoms with Crippen LogP contribution < -0.4 is 5.32 Å². The summed E-state index contributed by atoms with van der Waals surface area (Å²) in [4.78, 5) is 14.8. The third-order valence-electron chi connectivity index (χ3n) is 4.65. The van der Waals surface area contributed by atoms with Crippen LogP contribution in [0.3, 0.4) is 0 Å². The van der Waals surface area contributed by atoms with Crippen LogP contribution in [0.5, 0.6) is 0 Å². The number of carbonyl (C=O) groups excluding carboxylic acids is 1. The van der Waals surface area contributed by atoms with E-state index >= 15 is 0 Å². The van der Waals surface area contributed by atoms with Crippen molar-refractivity contribution >= 4 is 27.3 Å². The molecule has 2 unspecified atom stereocenters. The van der Waals surface area contributed by atoms with Gasteiger partial charge in [0.1, 0.15) is 0 Å². The second-order valence-corrected chi connectivity index (χ2v) is 6.71. The van der Waals surface area contributed by atoms with Crippen LogP contribution in [-0.4, -0.2) is 36.5 Å². The van der Waals surface area contributed by atoms with Crippen LogP contribution in [-0.2, 0) is 0 Å². The summed E-state index contributed by atoms with van der Waals surface area (Å²) in [5.41, 5.74) is 0.884. The molecular formula is C16H18N2OS. The second-order valence-electron chi connectivity index (χ2n) is 5.79. The van der Waals surface area contributed by atoms with Crippen molar-refractivity contribution in [3.63, 3.8) is 0 Å². The van der Waals surface area contributed by atoms with Crippen molar-refractivity contribution < 1.29 is 4.79 Å². The minimum Gasteiger partial charge on any atom is -0.338 e. The quantitative estimate of drug-likeness (QED) is 0.874. The molecular weight excluding hydrogens is 268 g/mol. The maximum absolute atomic E-state index is 12.8. The monoisotopic (exact) mass is 286 g/mol. The number of likely N-dealkylation sites (tertiary alicyclic amines) is 1. The molecule has 20 heavy (non-hydrogen) atoms. The first-order chi connectivity index (χ1) is 9.83. The fraction of sp³-hybridized carbons (Fsp3) is 0.438. The van der Waals surface area contributed by atoms with E-state index < -0.39 is 0 Å². The predicted octanol–water partition coefficient (Wildman–Crippen LogP) is 2.73. The Balaban J connectivity index is 1.61. The predicted molar refractivity (Wildman–Crippen MR) is 82.2 cm³/mol. The molecule has 0 saturated carbocycles. The van der Waals surface area contributed by atoms with Gasteiger partial charge in [0, 0.05) is 34.6 Å². The first kappa shape index (κ1) is 12.4. The summed E-state index contributed by atoms with van der Waals surface area (Å²) >= 11 is 1.67. The molecule has 2 aliphatic heterocycles. The van der Waals surface area contributed by atoms with Gasteiger partial charge in [-0.15, -0.1) is 11.3 Å². The Morgan fingerprint density at radius 1 is 1.30 bits per heavy atom. The van der Waals surface area contributed by atoms with E-state index in [4.69, 9.17) is 0 Å². The normalized spacial score (nSPS) is 25.9. The van der Waals surface area contributed by atoms with Gasteiger partial charge in [-0.3, -0.25) is 4.79 Å². The maximum atomic E-state index is 12.8. The van der Waals surface area contributed by atoms with Crippen molar-refractivity contribution in [2.45, 2.75) is 18.9 Å². The van der Waals surface area contributed by atoms with E-state index in [2.05, 4.69) is 22.3 Å². The van der Waals surface area contributed by atoms with Crippen LogP contribution in [0, 0.1) is 5.92 Å². The van der Waals surface area contributed by atoms with E-state index in [0.717, 1.165) is 37.0 Å². The molecule has 2 fully saturated rings. The lowest BCUT2D eigenvalue weighted by atomic mass is 9.93. The lowest BCUT2D eigenvalue weighted by Crippen LogP contribution is -2.46. The van der Waals surface area contributed by atoms with E-state index in [1.54, 1.807) is 11.3 Å². The molecule has 2 aliphatic rings. The van der Waals surface area contributed by atoms with Gasteiger partial charge in [0.15, 0.2) is 0 Å². The SMILES string of the molecule is O=C(c1csc2ccccc12)N1CCC2NCCC2C1. The zero-order valence-electron chi connectivity index (χ0n) is 11.3. The van der Waals surface area contributed by atoms with Crippen LogP contribution in [0.1, 0.15) is 23.2 Å². The van der Waals surface area contributed by atoms with E-state index in [9.17, 15) is 4.79 Å². The van der Waals surface area contributed by atoms with Crippen LogP contribution in [0.25, 0.3) is 10.1 Å². The van der Waals surface area contributed by atoms with Gasteiger partial charge >= 0.3 is 0 Å². The molecule has 4 rings (SSSR count). The number of piperidine rings is 1. The highest BCUT2D eigenvalue weighted by atomic mass is 32.1. The summed E-state index contributed by atoms with van der Waals surface area (Å²) in [6.07, 6.45) is 2.30. The smallest absolute Gasteiger partial charge is 0.255 e. The molecule has 0 radical (unpaired) electrons. The summed E-state index contributed by atoms with van der Waals surface area (Å²) in [5.74, 6) is 0.866. The average molecular weight is 286 g/mol. The van der Waals surface area contributed by atoms with Crippen molar-refractivity contribution in [2.24, 2.45) is 5.92 Å².